The largest absolute Gasteiger partial charge is 0.422 e. The number of rotatable bonds is 2. The smallest absolute Gasteiger partial charge is 0.317 e. The Morgan fingerprint density at radius 2 is 1.58 bits per heavy atom. The number of nitrogens with one attached hydrogen (secondary N) is 1. The van der Waals surface area contributed by atoms with Gasteiger partial charge in [0.05, 0.1) is 11.3 Å². The molecule has 0 bridgehead atoms. The number of benzene rings is 1. The molecule has 4 nitrogen and oxygen atoms in total. The highest BCUT2D eigenvalue weighted by molar-refractivity contribution is 6.05. The number of carbonyl (C=O) groups excluding carboxylic acids is 1. The molecule has 0 saturated carbocycles. The SMILES string of the molecule is Cc1nn(C)cc1C(=O)Nc1c(F)c(F)c(C(F)(F)F)c(F)c1F. The summed E-state index contributed by atoms with van der Waals surface area (Å²) >= 11 is 0. The van der Waals surface area contributed by atoms with Gasteiger partial charge in [-0.05, 0) is 6.92 Å². The van der Waals surface area contributed by atoms with Crippen LogP contribution < -0.4 is 5.32 Å². The quantitative estimate of drug-likeness (QED) is 0.662. The van der Waals surface area contributed by atoms with Crippen LogP contribution in [0.15, 0.2) is 6.20 Å². The maximum atomic E-state index is 13.7. The summed E-state index contributed by atoms with van der Waals surface area (Å²) in [5.41, 5.74) is -4.43. The molecular formula is C13H8F7N3O. The van der Waals surface area contributed by atoms with E-state index in [1.807, 2.05) is 0 Å². The van der Waals surface area contributed by atoms with Gasteiger partial charge < -0.3 is 5.32 Å². The molecule has 0 fully saturated rings. The van der Waals surface area contributed by atoms with Gasteiger partial charge in [0.25, 0.3) is 5.91 Å². The van der Waals surface area contributed by atoms with Crippen LogP contribution in [0.5, 0.6) is 0 Å². The Kier molecular flexibility index (Phi) is 4.29. The van der Waals surface area contributed by atoms with Crippen molar-refractivity contribution in [3.63, 3.8) is 0 Å². The standard InChI is InChI=1S/C13H8F7N3O/c1-4-5(3-23(2)22-4)12(24)21-11-9(16)7(14)6(13(18,19)20)8(15)10(11)17/h3H,1-2H3,(H,21,24). The Bertz CT molecular complexity index is 797. The Morgan fingerprint density at radius 3 is 1.96 bits per heavy atom. The summed E-state index contributed by atoms with van der Waals surface area (Å²) in [7, 11) is 1.43. The summed E-state index contributed by atoms with van der Waals surface area (Å²) in [4.78, 5) is 11.9. The van der Waals surface area contributed by atoms with Crippen LogP contribution in [-0.4, -0.2) is 15.7 Å². The van der Waals surface area contributed by atoms with E-state index in [2.05, 4.69) is 5.10 Å². The van der Waals surface area contributed by atoms with Crippen LogP contribution in [0.25, 0.3) is 0 Å². The number of amides is 1. The van der Waals surface area contributed by atoms with Crippen LogP contribution in [0.3, 0.4) is 0 Å². The number of aryl methyl sites for hydroxylation is 2. The number of carbonyl (C=O) groups is 1. The van der Waals surface area contributed by atoms with E-state index in [9.17, 15) is 35.5 Å². The van der Waals surface area contributed by atoms with Gasteiger partial charge in [-0.2, -0.15) is 18.3 Å². The Labute approximate surface area is 129 Å². The fraction of sp³-hybridized carbons (Fsp3) is 0.231. The molecule has 0 saturated heterocycles. The van der Waals surface area contributed by atoms with Crippen molar-refractivity contribution in [2.24, 2.45) is 7.05 Å². The zero-order valence-electron chi connectivity index (χ0n) is 12.0. The molecule has 0 spiro atoms. The van der Waals surface area contributed by atoms with Crippen molar-refractivity contribution >= 4 is 11.6 Å². The minimum Gasteiger partial charge on any atom is -0.317 e. The van der Waals surface area contributed by atoms with Crippen molar-refractivity contribution in [3.8, 4) is 0 Å². The molecule has 0 unspecified atom stereocenters. The van der Waals surface area contributed by atoms with E-state index in [1.54, 1.807) is 0 Å². The molecule has 0 aliphatic heterocycles. The number of halogens is 7. The normalized spacial score (nSPS) is 11.7. The number of hydrogen-bond acceptors (Lipinski definition) is 2. The van der Waals surface area contributed by atoms with E-state index in [4.69, 9.17) is 0 Å². The Hall–Kier alpha value is -2.59. The monoisotopic (exact) mass is 355 g/mol. The van der Waals surface area contributed by atoms with Crippen LogP contribution in [0.1, 0.15) is 21.6 Å². The molecule has 1 aromatic carbocycles. The van der Waals surface area contributed by atoms with E-state index in [0.29, 0.717) is 0 Å². The molecule has 1 N–H and O–H groups in total. The van der Waals surface area contributed by atoms with Crippen molar-refractivity contribution in [1.82, 2.24) is 9.78 Å². The van der Waals surface area contributed by atoms with E-state index in [0.717, 1.165) is 6.20 Å². The van der Waals surface area contributed by atoms with Crippen LogP contribution in [-0.2, 0) is 13.2 Å². The van der Waals surface area contributed by atoms with Crippen molar-refractivity contribution in [1.29, 1.82) is 0 Å². The van der Waals surface area contributed by atoms with Crippen molar-refractivity contribution in [3.05, 3.63) is 46.3 Å². The summed E-state index contributed by atoms with van der Waals surface area (Å²) in [5, 5.41) is 5.29. The van der Waals surface area contributed by atoms with E-state index in [-0.39, 0.29) is 11.3 Å². The maximum Gasteiger partial charge on any atom is 0.422 e. The first-order valence-corrected chi connectivity index (χ1v) is 6.19. The van der Waals surface area contributed by atoms with E-state index >= 15 is 0 Å². The molecule has 1 heterocycles. The summed E-state index contributed by atoms with van der Waals surface area (Å²) in [6.45, 7) is 1.37. The Morgan fingerprint density at radius 1 is 1.08 bits per heavy atom. The zero-order valence-corrected chi connectivity index (χ0v) is 12.0. The number of anilines is 1. The van der Waals surface area contributed by atoms with Gasteiger partial charge in [-0.1, -0.05) is 0 Å². The van der Waals surface area contributed by atoms with Gasteiger partial charge >= 0.3 is 6.18 Å². The fourth-order valence-electron chi connectivity index (χ4n) is 1.99. The summed E-state index contributed by atoms with van der Waals surface area (Å²) in [5.74, 6) is -11.2. The third-order valence-corrected chi connectivity index (χ3v) is 3.04. The number of nitrogens with zero attached hydrogens (tertiary/aromatic N) is 2. The minimum absolute atomic E-state index is 0.128. The van der Waals surface area contributed by atoms with Gasteiger partial charge in [0.1, 0.15) is 11.3 Å². The average Bonchev–Trinajstić information content (AvgIpc) is 2.79. The van der Waals surface area contributed by atoms with E-state index < -0.39 is 46.6 Å². The predicted molar refractivity (Wildman–Crippen MR) is 67.2 cm³/mol. The number of alkyl halides is 3. The molecule has 130 valence electrons. The highest BCUT2D eigenvalue weighted by Crippen LogP contribution is 2.38. The maximum absolute atomic E-state index is 13.7. The number of hydrogen-bond donors (Lipinski definition) is 1. The highest BCUT2D eigenvalue weighted by Gasteiger charge is 2.42. The van der Waals surface area contributed by atoms with Crippen molar-refractivity contribution in [2.75, 3.05) is 5.32 Å². The average molecular weight is 355 g/mol. The molecule has 1 amide bonds. The first kappa shape index (κ1) is 17.8. The van der Waals surface area contributed by atoms with Crippen molar-refractivity contribution < 1.29 is 35.5 Å². The molecule has 2 rings (SSSR count). The molecule has 0 atom stereocenters. The molecule has 2 aromatic rings. The van der Waals surface area contributed by atoms with Gasteiger partial charge in [-0.3, -0.25) is 9.48 Å². The molecule has 1 aromatic heterocycles. The second-order valence-electron chi connectivity index (χ2n) is 4.76. The van der Waals surface area contributed by atoms with E-state index in [1.165, 1.54) is 24.0 Å². The second kappa shape index (κ2) is 5.80. The van der Waals surface area contributed by atoms with Crippen molar-refractivity contribution in [2.45, 2.75) is 13.1 Å². The number of aromatic nitrogens is 2. The molecule has 0 aliphatic rings. The molecule has 24 heavy (non-hydrogen) atoms. The third-order valence-electron chi connectivity index (χ3n) is 3.04. The van der Waals surface area contributed by atoms with Gasteiger partial charge in [0.2, 0.25) is 0 Å². The minimum atomic E-state index is -5.65. The van der Waals surface area contributed by atoms with Gasteiger partial charge in [-0.15, -0.1) is 0 Å². The lowest BCUT2D eigenvalue weighted by Gasteiger charge is -2.14. The lowest BCUT2D eigenvalue weighted by atomic mass is 10.1. The van der Waals surface area contributed by atoms with Crippen LogP contribution in [0.2, 0.25) is 0 Å². The van der Waals surface area contributed by atoms with Gasteiger partial charge in [0, 0.05) is 13.2 Å². The third kappa shape index (κ3) is 2.93. The predicted octanol–water partition coefficient (Wildman–Crippen LogP) is 3.56. The van der Waals surface area contributed by atoms with Crippen LogP contribution >= 0.6 is 0 Å². The van der Waals surface area contributed by atoms with Gasteiger partial charge in [0.15, 0.2) is 23.3 Å². The van der Waals surface area contributed by atoms with Crippen LogP contribution in [0, 0.1) is 30.2 Å². The second-order valence-corrected chi connectivity index (χ2v) is 4.76. The highest BCUT2D eigenvalue weighted by atomic mass is 19.4. The topological polar surface area (TPSA) is 46.9 Å². The molecule has 0 aliphatic carbocycles. The van der Waals surface area contributed by atoms with Gasteiger partial charge in [-0.25, -0.2) is 17.6 Å². The summed E-state index contributed by atoms with van der Waals surface area (Å²) in [6, 6.07) is 0. The summed E-state index contributed by atoms with van der Waals surface area (Å²) in [6.07, 6.45) is -4.50. The lowest BCUT2D eigenvalue weighted by molar-refractivity contribution is -0.143. The molecule has 11 heteroatoms. The lowest BCUT2D eigenvalue weighted by Crippen LogP contribution is -2.20. The van der Waals surface area contributed by atoms with Crippen LogP contribution in [0.4, 0.5) is 36.4 Å². The molecule has 0 radical (unpaired) electrons. The first-order valence-electron chi connectivity index (χ1n) is 6.19. The summed E-state index contributed by atoms with van der Waals surface area (Å²) < 4.78 is 92.9. The first-order chi connectivity index (χ1) is 10.9. The zero-order chi connectivity index (χ0) is 18.4. The fourth-order valence-corrected chi connectivity index (χ4v) is 1.99. The Balaban J connectivity index is 2.53. The molecular weight excluding hydrogens is 347 g/mol.